The van der Waals surface area contributed by atoms with Crippen LogP contribution in [0.25, 0.3) is 0 Å². The Morgan fingerprint density at radius 2 is 2.29 bits per heavy atom. The van der Waals surface area contributed by atoms with Gasteiger partial charge in [-0.05, 0) is 38.6 Å². The predicted octanol–water partition coefficient (Wildman–Crippen LogP) is 0.834. The molecular formula is C9H19N5. The lowest BCUT2D eigenvalue weighted by molar-refractivity contribution is 0.221. The monoisotopic (exact) mass is 197 g/mol. The van der Waals surface area contributed by atoms with E-state index in [0.29, 0.717) is 12.1 Å². The summed E-state index contributed by atoms with van der Waals surface area (Å²) in [7, 11) is 0. The maximum Gasteiger partial charge on any atom is 0.0503 e. The minimum absolute atomic E-state index is 0.554. The third-order valence-electron chi connectivity index (χ3n) is 3.23. The molecule has 0 aromatic heterocycles. The first-order valence-corrected chi connectivity index (χ1v) is 5.51. The van der Waals surface area contributed by atoms with Gasteiger partial charge in [-0.2, -0.15) is 0 Å². The third kappa shape index (κ3) is 2.15. The van der Waals surface area contributed by atoms with E-state index < -0.39 is 0 Å². The van der Waals surface area contributed by atoms with Gasteiger partial charge in [-0.15, -0.1) is 0 Å². The first-order valence-electron chi connectivity index (χ1n) is 5.51. The van der Waals surface area contributed by atoms with Gasteiger partial charge in [0.2, 0.25) is 0 Å². The summed E-state index contributed by atoms with van der Waals surface area (Å²) in [6, 6.07) is 1.24. The van der Waals surface area contributed by atoms with Crippen molar-refractivity contribution in [1.82, 2.24) is 10.3 Å². The highest BCUT2D eigenvalue weighted by molar-refractivity contribution is 4.84. The van der Waals surface area contributed by atoms with Gasteiger partial charge in [-0.3, -0.25) is 5.01 Å². The number of nitrogens with zero attached hydrogens (tertiary/aromatic N) is 3. The Kier molecular flexibility index (Phi) is 3.18. The molecule has 0 bridgehead atoms. The maximum atomic E-state index is 5.08. The van der Waals surface area contributed by atoms with Crippen LogP contribution in [0.4, 0.5) is 0 Å². The second-order valence-corrected chi connectivity index (χ2v) is 4.19. The van der Waals surface area contributed by atoms with E-state index in [1.54, 1.807) is 0 Å². The molecule has 0 spiro atoms. The average Bonchev–Trinajstić information content (AvgIpc) is 2.80. The molecule has 5 nitrogen and oxygen atoms in total. The van der Waals surface area contributed by atoms with Gasteiger partial charge in [0.1, 0.15) is 0 Å². The minimum Gasteiger partial charge on any atom is -0.314 e. The molecule has 14 heavy (non-hydrogen) atoms. The van der Waals surface area contributed by atoms with E-state index in [1.807, 2.05) is 5.01 Å². The van der Waals surface area contributed by atoms with Crippen LogP contribution in [0.15, 0.2) is 10.4 Å². The molecule has 2 unspecified atom stereocenters. The van der Waals surface area contributed by atoms with E-state index in [0.717, 1.165) is 6.54 Å². The zero-order valence-electron chi connectivity index (χ0n) is 8.52. The van der Waals surface area contributed by atoms with Gasteiger partial charge < -0.3 is 11.2 Å². The summed E-state index contributed by atoms with van der Waals surface area (Å²) in [6.07, 6.45) is 6.27. The zero-order valence-corrected chi connectivity index (χ0v) is 8.52. The topological polar surface area (TPSA) is 66.0 Å². The average molecular weight is 197 g/mol. The van der Waals surface area contributed by atoms with Gasteiger partial charge in [0.15, 0.2) is 0 Å². The standard InChI is InChI=1S/C9H19N5/c10-12-13-14-6-2-4-9(14)7-8-3-1-5-11-8/h8-9,11H,1-7H2,(H2,10,13). The van der Waals surface area contributed by atoms with Gasteiger partial charge >= 0.3 is 0 Å². The van der Waals surface area contributed by atoms with Crippen LogP contribution in [0.2, 0.25) is 0 Å². The van der Waals surface area contributed by atoms with Crippen LogP contribution in [0.3, 0.4) is 0 Å². The SMILES string of the molecule is N/N=N/N1CCCC1CC1CCCN1. The number of rotatable bonds is 3. The summed E-state index contributed by atoms with van der Waals surface area (Å²) in [5.74, 6) is 5.08. The number of nitrogens with two attached hydrogens (primary N) is 1. The summed E-state index contributed by atoms with van der Waals surface area (Å²) in [5, 5.41) is 12.9. The molecule has 2 atom stereocenters. The Balaban J connectivity index is 1.83. The Hall–Kier alpha value is -0.840. The summed E-state index contributed by atoms with van der Waals surface area (Å²) in [5.41, 5.74) is 0. The van der Waals surface area contributed by atoms with Crippen LogP contribution in [0.1, 0.15) is 32.1 Å². The third-order valence-corrected chi connectivity index (χ3v) is 3.23. The fourth-order valence-electron chi connectivity index (χ4n) is 2.53. The van der Waals surface area contributed by atoms with Crippen LogP contribution in [0, 0.1) is 0 Å². The highest BCUT2D eigenvalue weighted by Gasteiger charge is 2.27. The smallest absolute Gasteiger partial charge is 0.0503 e. The fourth-order valence-corrected chi connectivity index (χ4v) is 2.53. The highest BCUT2D eigenvalue weighted by Crippen LogP contribution is 2.24. The molecule has 2 aliphatic rings. The van der Waals surface area contributed by atoms with Crippen LogP contribution in [0.5, 0.6) is 0 Å². The zero-order chi connectivity index (χ0) is 9.80. The van der Waals surface area contributed by atoms with Gasteiger partial charge in [0.25, 0.3) is 0 Å². The molecule has 0 amide bonds. The van der Waals surface area contributed by atoms with Crippen molar-refractivity contribution >= 4 is 0 Å². The van der Waals surface area contributed by atoms with Crippen LogP contribution in [-0.2, 0) is 0 Å². The van der Waals surface area contributed by atoms with E-state index in [2.05, 4.69) is 15.8 Å². The van der Waals surface area contributed by atoms with Crippen molar-refractivity contribution in [3.8, 4) is 0 Å². The molecule has 2 saturated heterocycles. The van der Waals surface area contributed by atoms with Gasteiger partial charge in [-0.25, -0.2) is 0 Å². The van der Waals surface area contributed by atoms with Crippen molar-refractivity contribution in [1.29, 1.82) is 0 Å². The normalized spacial score (nSPS) is 33.3. The molecule has 2 aliphatic heterocycles. The molecule has 0 aromatic rings. The molecule has 0 saturated carbocycles. The second-order valence-electron chi connectivity index (χ2n) is 4.19. The van der Waals surface area contributed by atoms with Gasteiger partial charge in [0.05, 0.1) is 6.04 Å². The van der Waals surface area contributed by atoms with Crippen molar-refractivity contribution in [2.45, 2.75) is 44.2 Å². The van der Waals surface area contributed by atoms with Crippen LogP contribution >= 0.6 is 0 Å². The lowest BCUT2D eigenvalue weighted by atomic mass is 10.0. The lowest BCUT2D eigenvalue weighted by Gasteiger charge is -2.22. The maximum absolute atomic E-state index is 5.08. The fraction of sp³-hybridized carbons (Fsp3) is 1.00. The molecule has 80 valence electrons. The van der Waals surface area contributed by atoms with Gasteiger partial charge in [0, 0.05) is 12.6 Å². The first-order chi connectivity index (χ1) is 6.90. The Morgan fingerprint density at radius 3 is 3.00 bits per heavy atom. The molecule has 2 rings (SSSR count). The van der Waals surface area contributed by atoms with Gasteiger partial charge in [-0.1, -0.05) is 10.4 Å². The van der Waals surface area contributed by atoms with Crippen molar-refractivity contribution in [3.63, 3.8) is 0 Å². The van der Waals surface area contributed by atoms with Crippen LogP contribution in [-0.4, -0.2) is 30.2 Å². The molecule has 0 aliphatic carbocycles. The largest absolute Gasteiger partial charge is 0.314 e. The molecular weight excluding hydrogens is 178 g/mol. The van der Waals surface area contributed by atoms with Crippen molar-refractivity contribution in [2.75, 3.05) is 13.1 Å². The number of hydrogen-bond acceptors (Lipinski definition) is 3. The van der Waals surface area contributed by atoms with Crippen LogP contribution < -0.4 is 11.2 Å². The molecule has 5 heteroatoms. The molecule has 0 radical (unpaired) electrons. The summed E-state index contributed by atoms with van der Waals surface area (Å²) in [4.78, 5) is 0. The predicted molar refractivity (Wildman–Crippen MR) is 54.4 cm³/mol. The molecule has 2 heterocycles. The molecule has 3 N–H and O–H groups in total. The molecule has 2 fully saturated rings. The quantitative estimate of drug-likeness (QED) is 0.400. The Labute approximate surface area is 84.7 Å². The Bertz CT molecular complexity index is 199. The lowest BCUT2D eigenvalue weighted by Crippen LogP contribution is -2.32. The Morgan fingerprint density at radius 1 is 1.36 bits per heavy atom. The minimum atomic E-state index is 0.554. The summed E-state index contributed by atoms with van der Waals surface area (Å²) in [6.45, 7) is 2.19. The second kappa shape index (κ2) is 4.59. The van der Waals surface area contributed by atoms with E-state index in [1.165, 1.54) is 38.6 Å². The molecule has 0 aromatic carbocycles. The first kappa shape index (κ1) is 9.71. The summed E-state index contributed by atoms with van der Waals surface area (Å²) < 4.78 is 0. The van der Waals surface area contributed by atoms with Crippen molar-refractivity contribution in [3.05, 3.63) is 0 Å². The van der Waals surface area contributed by atoms with E-state index in [9.17, 15) is 0 Å². The number of hydrogen-bond donors (Lipinski definition) is 2. The summed E-state index contributed by atoms with van der Waals surface area (Å²) >= 11 is 0. The van der Waals surface area contributed by atoms with Crippen molar-refractivity contribution in [2.24, 2.45) is 16.3 Å². The highest BCUT2D eigenvalue weighted by atomic mass is 15.6. The van der Waals surface area contributed by atoms with E-state index >= 15 is 0 Å². The van der Waals surface area contributed by atoms with E-state index in [4.69, 9.17) is 5.84 Å². The van der Waals surface area contributed by atoms with Crippen molar-refractivity contribution < 1.29 is 0 Å². The number of nitrogens with one attached hydrogen (secondary N) is 1. The van der Waals surface area contributed by atoms with E-state index in [-0.39, 0.29) is 0 Å².